The van der Waals surface area contributed by atoms with Gasteiger partial charge in [-0.05, 0) is 0 Å². The number of rotatable bonds is 56. The van der Waals surface area contributed by atoms with Crippen molar-refractivity contribution in [3.05, 3.63) is 177 Å². The molecule has 0 spiro atoms. The van der Waals surface area contributed by atoms with Gasteiger partial charge in [-0.15, -0.1) is 92.1 Å². The van der Waals surface area contributed by atoms with Crippen molar-refractivity contribution in [3.63, 3.8) is 0 Å². The second-order valence-corrected chi connectivity index (χ2v) is 29.9. The minimum Gasteiger partial charge on any atom is -0.382 e. The fourth-order valence-electron chi connectivity index (χ4n) is 16.3. The van der Waals surface area contributed by atoms with Gasteiger partial charge in [0.05, 0.1) is 139 Å². The molecule has 0 aromatic rings. The highest BCUT2D eigenvalue weighted by Gasteiger charge is 2.63. The molecule has 21 saturated heterocycles. The number of methoxy groups -OCH3 is 7. The Hall–Kier alpha value is -5.04. The molecule has 0 amide bonds. The summed E-state index contributed by atoms with van der Waals surface area (Å²) in [6.07, 6.45) is -20.9. The van der Waals surface area contributed by atoms with Crippen LogP contribution in [0.25, 0.3) is 0 Å². The Kier molecular flexibility index (Phi) is 49.6. The van der Waals surface area contributed by atoms with Crippen molar-refractivity contribution in [1.29, 1.82) is 0 Å². The third-order valence-corrected chi connectivity index (χ3v) is 21.2. The second kappa shape index (κ2) is 58.8. The Labute approximate surface area is 743 Å². The molecule has 0 aromatic heterocycles. The van der Waals surface area contributed by atoms with E-state index in [1.54, 1.807) is 85.1 Å². The smallest absolute Gasteiger partial charge is 0.187 e. The first kappa shape index (κ1) is 106. The third-order valence-electron chi connectivity index (χ3n) is 21.2. The number of hydrogen-bond acceptors (Lipinski definition) is 35. The zero-order valence-electron chi connectivity index (χ0n) is 74.3. The lowest BCUT2D eigenvalue weighted by Gasteiger charge is -2.53. The molecule has 0 N–H and O–H groups in total. The zero-order chi connectivity index (χ0) is 90.7. The van der Waals surface area contributed by atoms with E-state index in [1.807, 2.05) is 0 Å². The minimum atomic E-state index is -1.42. The van der Waals surface area contributed by atoms with Crippen LogP contribution in [-0.2, 0) is 166 Å². The normalized spacial score (nSPS) is 37.9. The average molecular weight is 1790 g/mol. The van der Waals surface area contributed by atoms with E-state index in [2.05, 4.69) is 92.1 Å². The molecule has 21 fully saturated rings. The molecular formula is C91H140O35. The van der Waals surface area contributed by atoms with Gasteiger partial charge < -0.3 is 166 Å². The molecule has 0 saturated carbocycles. The molecule has 35 heteroatoms. The molecular weight excluding hydrogens is 1650 g/mol. The molecule has 21 aliphatic heterocycles. The first-order valence-electron chi connectivity index (χ1n) is 42.4. The van der Waals surface area contributed by atoms with Crippen LogP contribution in [0.15, 0.2) is 177 Å². The maximum Gasteiger partial charge on any atom is 0.187 e. The molecule has 126 heavy (non-hydrogen) atoms. The highest BCUT2D eigenvalue weighted by Crippen LogP contribution is 2.45. The molecule has 0 unspecified atom stereocenters. The van der Waals surface area contributed by atoms with Gasteiger partial charge in [0.2, 0.25) is 0 Å². The van der Waals surface area contributed by atoms with Crippen LogP contribution in [0.5, 0.6) is 0 Å². The lowest BCUT2D eigenvalue weighted by molar-refractivity contribution is -0.405. The van der Waals surface area contributed by atoms with Crippen LogP contribution in [0, 0.1) is 0 Å². The summed E-state index contributed by atoms with van der Waals surface area (Å²) in [5.74, 6) is 0. The van der Waals surface area contributed by atoms with E-state index in [4.69, 9.17) is 166 Å². The van der Waals surface area contributed by atoms with E-state index in [9.17, 15) is 0 Å². The summed E-state index contributed by atoms with van der Waals surface area (Å²) in [5, 5.41) is 0. The van der Waals surface area contributed by atoms with Crippen LogP contribution < -0.4 is 0 Å². The van der Waals surface area contributed by atoms with Gasteiger partial charge in [0.15, 0.2) is 44.0 Å². The fourth-order valence-corrected chi connectivity index (χ4v) is 16.3. The molecule has 0 aliphatic carbocycles. The highest BCUT2D eigenvalue weighted by molar-refractivity contribution is 5.07. The summed E-state index contributed by atoms with van der Waals surface area (Å²) in [6.45, 7) is 54.5. The minimum absolute atomic E-state index is 0.0605. The van der Waals surface area contributed by atoms with E-state index in [0.717, 1.165) is 0 Å². The summed E-state index contributed by atoms with van der Waals surface area (Å²) in [5.41, 5.74) is 0. The Bertz CT molecular complexity index is 2620. The van der Waals surface area contributed by atoms with Crippen LogP contribution in [0.3, 0.4) is 0 Å². The monoisotopic (exact) mass is 1790 g/mol. The largest absolute Gasteiger partial charge is 0.382 e. The van der Waals surface area contributed by atoms with Crippen molar-refractivity contribution >= 4 is 0 Å². The molecule has 21 rings (SSSR count). The quantitative estimate of drug-likeness (QED) is 0.0604. The van der Waals surface area contributed by atoms with Crippen molar-refractivity contribution in [1.82, 2.24) is 0 Å². The standard InChI is InChI=1S/C91H140O35/c1-22-36-99-71-64-57(50-92-15)113-85(78(71)106-43-29-8)121-65-58(51-93-16)115-87(80(108-45-31-10)72(65)100-37-23-2)123-67-60(53-95-18)117-89(82(110-47-33-12)74(67)102-39-25-4)125-69-62(55-97-20)119-91(84(112-49-35-14)76(69)104-41-27-6)126-70-63(56-98-21)118-90(83(111-48-34-13)77(70)105-42-28-7)124-68-61(54-96-19)116-88(81(109-46-32-11)75(68)103-40-26-5)122-66-59(52-94-17)114-86(120-64)79(107-44-30-9)73(66)101-38-24-3/h22-35,57-91H,1-14,36-56H2,15-21H3/t57-,58-,59-,60-,61-,62-,63-,64-,65-,66-,67-,68-,69-,70-,71+,72+,73+,74+,75+,76+,77+,78-,79-,80-,81-,82-,83-,84-,85-,86-,87-,88-,89-,90-,91-/m1/s1. The lowest BCUT2D eigenvalue weighted by Crippen LogP contribution is -2.70. The topological polar surface area (TPSA) is 323 Å². The maximum atomic E-state index is 7.40. The predicted molar refractivity (Wildman–Crippen MR) is 457 cm³/mol. The van der Waals surface area contributed by atoms with Gasteiger partial charge in [0, 0.05) is 49.8 Å². The van der Waals surface area contributed by atoms with Gasteiger partial charge in [-0.25, -0.2) is 0 Å². The maximum absolute atomic E-state index is 7.40. The molecule has 35 atom stereocenters. The van der Waals surface area contributed by atoms with Crippen molar-refractivity contribution in [2.75, 3.05) is 189 Å². The average Bonchev–Trinajstić information content (AvgIpc) is 0.768. The molecule has 0 aromatic carbocycles. The van der Waals surface area contributed by atoms with Gasteiger partial charge in [0.25, 0.3) is 0 Å². The van der Waals surface area contributed by atoms with Crippen LogP contribution in [0.1, 0.15) is 0 Å². The van der Waals surface area contributed by atoms with Crippen LogP contribution in [0.2, 0.25) is 0 Å². The zero-order valence-corrected chi connectivity index (χ0v) is 74.3. The first-order chi connectivity index (χ1) is 61.7. The fraction of sp³-hybridized carbons (Fsp3) is 0.692. The van der Waals surface area contributed by atoms with Crippen molar-refractivity contribution in [3.8, 4) is 0 Å². The number of ether oxygens (including phenoxy) is 35. The van der Waals surface area contributed by atoms with Gasteiger partial charge in [-0.1, -0.05) is 85.1 Å². The third kappa shape index (κ3) is 28.7. The van der Waals surface area contributed by atoms with Crippen molar-refractivity contribution in [2.45, 2.75) is 215 Å². The van der Waals surface area contributed by atoms with Crippen LogP contribution in [0.4, 0.5) is 0 Å². The molecule has 0 radical (unpaired) electrons. The Balaban J connectivity index is 1.41. The summed E-state index contributed by atoms with van der Waals surface area (Å²) in [7, 11) is 10.5. The van der Waals surface area contributed by atoms with Gasteiger partial charge in [-0.2, -0.15) is 0 Å². The van der Waals surface area contributed by atoms with Gasteiger partial charge in [-0.3, -0.25) is 0 Å². The summed E-state index contributed by atoms with van der Waals surface area (Å²) in [4.78, 5) is 0. The predicted octanol–water partition coefficient (Wildman–Crippen LogP) is 6.29. The summed E-state index contributed by atoms with van der Waals surface area (Å²) < 4.78 is 241. The molecule has 14 bridgehead atoms. The van der Waals surface area contributed by atoms with E-state index >= 15 is 0 Å². The highest BCUT2D eigenvalue weighted by atomic mass is 16.8. The van der Waals surface area contributed by atoms with E-state index in [0.29, 0.717) is 0 Å². The number of hydrogen-bond donors (Lipinski definition) is 0. The van der Waals surface area contributed by atoms with E-state index in [-0.39, 0.29) is 139 Å². The van der Waals surface area contributed by atoms with Crippen LogP contribution >= 0.6 is 0 Å². The van der Waals surface area contributed by atoms with Gasteiger partial charge in [0.1, 0.15) is 171 Å². The Morgan fingerprint density at radius 3 is 0.333 bits per heavy atom. The molecule has 21 heterocycles. The summed E-state index contributed by atoms with van der Waals surface area (Å²) in [6, 6.07) is 0. The SMILES string of the molecule is C=CCO[C@@H]1[C@@H](OCC=C)[C@H]2O[C@H]3[C@H](OCC=C)[C@@H](OCC=C)[C@@H](O[C@H]4[C@H](OCC=C)[C@@H](OCC=C)[C@@H](O[C@H]5[C@H](OCC=C)[C@@H](OCC=C)[C@@H](O[C@H]6[C@H](OCC=C)[C@@H](OCC=C)[C@@H](O[C@H]7[C@H](OCC=C)[C@@H](OCC=C)[C@@H](O[C@H]8[C@H](OCC=C)[C@@H](OCC=C)[C@@H](O[C@@H]1[C@@H](COC)O2)O[C@@H]8COC)O[C@@H]7COC)O[C@@H]6COC)O[C@@H]5COC)O[C@@H]4COC)O[C@@H]3COC. The summed E-state index contributed by atoms with van der Waals surface area (Å²) >= 11 is 0. The molecule has 35 nitrogen and oxygen atoms in total. The molecule has 714 valence electrons. The van der Waals surface area contributed by atoms with Crippen molar-refractivity contribution < 1.29 is 166 Å². The first-order valence-corrected chi connectivity index (χ1v) is 42.4. The van der Waals surface area contributed by atoms with E-state index in [1.165, 1.54) is 49.8 Å². The van der Waals surface area contributed by atoms with Gasteiger partial charge >= 0.3 is 0 Å². The van der Waals surface area contributed by atoms with Crippen molar-refractivity contribution in [2.24, 2.45) is 0 Å². The lowest BCUT2D eigenvalue weighted by atomic mass is 9.94. The Morgan fingerprint density at radius 1 is 0.151 bits per heavy atom. The molecule has 21 aliphatic rings. The second-order valence-electron chi connectivity index (χ2n) is 29.9. The van der Waals surface area contributed by atoms with E-state index < -0.39 is 215 Å². The van der Waals surface area contributed by atoms with Crippen LogP contribution in [-0.4, -0.2) is 403 Å². The Morgan fingerprint density at radius 2 is 0.246 bits per heavy atom.